The van der Waals surface area contributed by atoms with E-state index in [-0.39, 0.29) is 11.5 Å². The topological polar surface area (TPSA) is 89.4 Å². The fraction of sp³-hybridized carbons (Fsp3) is 0.200. The number of aromatic carboxylic acids is 1. The van der Waals surface area contributed by atoms with Crippen LogP contribution in [0.2, 0.25) is 0 Å². The van der Waals surface area contributed by atoms with E-state index in [0.717, 1.165) is 4.47 Å². The molecule has 25 heavy (non-hydrogen) atoms. The Morgan fingerprint density at radius 1 is 1.00 bits per heavy atom. The minimum atomic E-state index is -0.951. The van der Waals surface area contributed by atoms with Crippen LogP contribution in [0.4, 0.5) is 0 Å². The molecule has 0 saturated carbocycles. The largest absolute Gasteiger partial charge is 0.478 e. The van der Waals surface area contributed by atoms with Gasteiger partial charge in [0.1, 0.15) is 10.1 Å². The maximum Gasteiger partial charge on any atom is 0.340 e. The number of thioether (sulfide) groups is 2. The van der Waals surface area contributed by atoms with Gasteiger partial charge in [-0.05, 0) is 56.5 Å². The van der Waals surface area contributed by atoms with Crippen molar-refractivity contribution in [3.8, 4) is 0 Å². The maximum atomic E-state index is 11.2. The van der Waals surface area contributed by atoms with E-state index in [9.17, 15) is 9.59 Å². The molecule has 0 atom stereocenters. The Labute approximate surface area is 170 Å². The van der Waals surface area contributed by atoms with Crippen LogP contribution in [0.5, 0.6) is 0 Å². The van der Waals surface area contributed by atoms with E-state index in [4.69, 9.17) is 5.11 Å². The van der Waals surface area contributed by atoms with E-state index in [2.05, 4.69) is 46.6 Å². The third-order valence-corrected chi connectivity index (χ3v) is 4.95. The summed E-state index contributed by atoms with van der Waals surface area (Å²) in [7, 11) is 1.35. The highest BCUT2D eigenvalue weighted by molar-refractivity contribution is 9.10. The molecule has 0 saturated heterocycles. The van der Waals surface area contributed by atoms with Crippen molar-refractivity contribution in [2.24, 2.45) is 0 Å². The van der Waals surface area contributed by atoms with Gasteiger partial charge >= 0.3 is 11.9 Å². The number of halogens is 2. The van der Waals surface area contributed by atoms with E-state index in [1.165, 1.54) is 30.6 Å². The quantitative estimate of drug-likeness (QED) is 0.471. The minimum Gasteiger partial charge on any atom is -0.478 e. The van der Waals surface area contributed by atoms with Gasteiger partial charge < -0.3 is 9.84 Å². The van der Waals surface area contributed by atoms with E-state index < -0.39 is 5.97 Å². The summed E-state index contributed by atoms with van der Waals surface area (Å²) < 4.78 is 6.07. The molecule has 2 aromatic heterocycles. The average molecular weight is 510 g/mol. The molecule has 0 fully saturated rings. The Hall–Kier alpha value is -1.10. The zero-order valence-corrected chi connectivity index (χ0v) is 18.3. The lowest BCUT2D eigenvalue weighted by molar-refractivity contribution is 0.0594. The van der Waals surface area contributed by atoms with Gasteiger partial charge in [-0.2, -0.15) is 0 Å². The first-order valence-corrected chi connectivity index (χ1v) is 10.6. The van der Waals surface area contributed by atoms with E-state index in [1.54, 1.807) is 30.8 Å². The van der Waals surface area contributed by atoms with Gasteiger partial charge in [-0.25, -0.2) is 19.6 Å². The summed E-state index contributed by atoms with van der Waals surface area (Å²) in [6.07, 6.45) is 6.89. The second-order valence-corrected chi connectivity index (χ2v) is 7.64. The van der Waals surface area contributed by atoms with Gasteiger partial charge in [-0.1, -0.05) is 0 Å². The van der Waals surface area contributed by atoms with Crippen molar-refractivity contribution in [3.63, 3.8) is 0 Å². The number of ether oxygens (including phenoxy) is 1. The molecule has 10 heteroatoms. The van der Waals surface area contributed by atoms with E-state index in [0.29, 0.717) is 20.1 Å². The molecule has 0 aliphatic carbocycles. The summed E-state index contributed by atoms with van der Waals surface area (Å²) in [6, 6.07) is 3.24. The molecule has 0 unspecified atom stereocenters. The lowest BCUT2D eigenvalue weighted by Gasteiger charge is -2.03. The molecule has 0 bridgehead atoms. The summed E-state index contributed by atoms with van der Waals surface area (Å²) in [5, 5.41) is 9.96. The Kier molecular flexibility index (Phi) is 9.47. The highest BCUT2D eigenvalue weighted by Crippen LogP contribution is 2.22. The molecule has 2 aromatic rings. The Morgan fingerprint density at radius 3 is 1.84 bits per heavy atom. The molecular weight excluding hydrogens is 496 g/mol. The smallest absolute Gasteiger partial charge is 0.340 e. The van der Waals surface area contributed by atoms with E-state index >= 15 is 0 Å². The second kappa shape index (κ2) is 10.8. The van der Waals surface area contributed by atoms with Crippen molar-refractivity contribution in [1.82, 2.24) is 9.97 Å². The fourth-order valence-electron chi connectivity index (χ4n) is 1.59. The van der Waals surface area contributed by atoms with Gasteiger partial charge in [0.25, 0.3) is 0 Å². The van der Waals surface area contributed by atoms with Gasteiger partial charge in [-0.15, -0.1) is 23.5 Å². The first-order chi connectivity index (χ1) is 11.8. The van der Waals surface area contributed by atoms with Crippen LogP contribution in [0.25, 0.3) is 0 Å². The van der Waals surface area contributed by atoms with Crippen molar-refractivity contribution in [2.75, 3.05) is 19.6 Å². The lowest BCUT2D eigenvalue weighted by atomic mass is 10.3. The van der Waals surface area contributed by atoms with Crippen LogP contribution >= 0.6 is 55.4 Å². The number of carboxylic acid groups (broad SMARTS) is 1. The van der Waals surface area contributed by atoms with Crippen LogP contribution in [-0.2, 0) is 4.74 Å². The molecule has 0 aromatic carbocycles. The van der Waals surface area contributed by atoms with Crippen LogP contribution in [0, 0.1) is 0 Å². The summed E-state index contributed by atoms with van der Waals surface area (Å²) in [6.45, 7) is 0. The SMILES string of the molecule is COC(=O)c1cc(Br)cnc1SC.CSc1ncc(Br)cc1C(=O)O. The fourth-order valence-corrected chi connectivity index (χ4v) is 3.30. The second-order valence-electron chi connectivity index (χ2n) is 4.22. The lowest BCUT2D eigenvalue weighted by Crippen LogP contribution is -2.04. The molecule has 0 aliphatic rings. The number of hydrogen-bond donors (Lipinski definition) is 1. The van der Waals surface area contributed by atoms with Crippen LogP contribution in [0.1, 0.15) is 20.7 Å². The van der Waals surface area contributed by atoms with Crippen molar-refractivity contribution < 1.29 is 19.4 Å². The molecule has 2 heterocycles. The third-order valence-electron chi connectivity index (χ3n) is 2.66. The number of aromatic nitrogens is 2. The van der Waals surface area contributed by atoms with Gasteiger partial charge in [0.2, 0.25) is 0 Å². The summed E-state index contributed by atoms with van der Waals surface area (Å²) >= 11 is 9.14. The van der Waals surface area contributed by atoms with Gasteiger partial charge in [0.05, 0.1) is 18.2 Å². The van der Waals surface area contributed by atoms with Crippen molar-refractivity contribution >= 4 is 67.3 Å². The highest BCUT2D eigenvalue weighted by atomic mass is 79.9. The van der Waals surface area contributed by atoms with Gasteiger partial charge in [0.15, 0.2) is 0 Å². The third kappa shape index (κ3) is 6.61. The first kappa shape index (κ1) is 21.9. The molecule has 134 valence electrons. The van der Waals surface area contributed by atoms with Gasteiger partial charge in [0, 0.05) is 21.3 Å². The van der Waals surface area contributed by atoms with Crippen molar-refractivity contribution in [2.45, 2.75) is 10.1 Å². The molecule has 0 radical (unpaired) electrons. The molecule has 2 rings (SSSR count). The number of nitrogens with zero attached hydrogens (tertiary/aromatic N) is 2. The summed E-state index contributed by atoms with van der Waals surface area (Å²) in [5.74, 6) is -1.31. The van der Waals surface area contributed by atoms with Crippen LogP contribution in [0.3, 0.4) is 0 Å². The number of hydrogen-bond acceptors (Lipinski definition) is 7. The number of carboxylic acids is 1. The molecule has 0 amide bonds. The summed E-state index contributed by atoms with van der Waals surface area (Å²) in [5.41, 5.74) is 0.723. The number of carbonyl (C=O) groups is 2. The van der Waals surface area contributed by atoms with Crippen molar-refractivity contribution in [3.05, 3.63) is 44.6 Å². The molecule has 0 spiro atoms. The normalized spacial score (nSPS) is 9.80. The summed E-state index contributed by atoms with van der Waals surface area (Å²) in [4.78, 5) is 29.9. The van der Waals surface area contributed by atoms with E-state index in [1.807, 2.05) is 6.26 Å². The number of carbonyl (C=O) groups excluding carboxylic acids is 1. The van der Waals surface area contributed by atoms with Crippen molar-refractivity contribution in [1.29, 1.82) is 0 Å². The molecule has 6 nitrogen and oxygen atoms in total. The Balaban J connectivity index is 0.000000251. The zero-order chi connectivity index (χ0) is 19.0. The van der Waals surface area contributed by atoms with Gasteiger partial charge in [-0.3, -0.25) is 0 Å². The Bertz CT molecular complexity index is 775. The number of methoxy groups -OCH3 is 1. The zero-order valence-electron chi connectivity index (χ0n) is 13.4. The molecule has 0 aliphatic heterocycles. The number of pyridine rings is 2. The molecular formula is C15H14Br2N2O4S2. The monoisotopic (exact) mass is 508 g/mol. The predicted molar refractivity (Wildman–Crippen MR) is 106 cm³/mol. The maximum absolute atomic E-state index is 11.2. The van der Waals surface area contributed by atoms with Crippen LogP contribution in [-0.4, -0.2) is 46.6 Å². The first-order valence-electron chi connectivity index (χ1n) is 6.54. The van der Waals surface area contributed by atoms with Crippen LogP contribution < -0.4 is 0 Å². The highest BCUT2D eigenvalue weighted by Gasteiger charge is 2.12. The molecule has 1 N–H and O–H groups in total. The Morgan fingerprint density at radius 2 is 1.44 bits per heavy atom. The van der Waals surface area contributed by atoms with Crippen LogP contribution in [0.15, 0.2) is 43.5 Å². The standard InChI is InChI=1S/C8H8BrNO2S.C7H6BrNO2S/c1-12-8(11)6-3-5(9)4-10-7(6)13-2;1-12-6-5(7(10)11)2-4(8)3-9-6/h3-4H,1-2H3;2-3H,1H3,(H,10,11). The number of rotatable bonds is 4. The number of esters is 1. The average Bonchev–Trinajstić information content (AvgIpc) is 2.61. The minimum absolute atomic E-state index is 0.233. The predicted octanol–water partition coefficient (Wildman–Crippen LogP) is 4.62.